The minimum atomic E-state index is -0.844. The van der Waals surface area contributed by atoms with Crippen molar-refractivity contribution in [3.63, 3.8) is 0 Å². The molecule has 1 atom stereocenters. The normalized spacial score (nSPS) is 21.1. The largest absolute Gasteiger partial charge is 0.465 e. The van der Waals surface area contributed by atoms with Crippen LogP contribution in [0.5, 0.6) is 0 Å². The maximum Gasteiger partial charge on any atom is 0.407 e. The van der Waals surface area contributed by atoms with Gasteiger partial charge >= 0.3 is 6.09 Å². The number of rotatable bonds is 1. The van der Waals surface area contributed by atoms with Gasteiger partial charge < -0.3 is 9.67 Å². The van der Waals surface area contributed by atoms with E-state index in [-0.39, 0.29) is 11.6 Å². The number of amides is 1. The Morgan fingerprint density at radius 2 is 2.17 bits per heavy atom. The highest BCUT2D eigenvalue weighted by molar-refractivity contribution is 5.65. The standard InChI is InChI=1S/C13H21N3O2/c1-13(2,3)16-9-7-14-11(16)10-6-4-5-8-15(10)12(17)18/h7,9-10H,4-6,8H2,1-3H3,(H,17,18). The van der Waals surface area contributed by atoms with E-state index in [2.05, 4.69) is 30.3 Å². The lowest BCUT2D eigenvalue weighted by Crippen LogP contribution is -2.40. The van der Waals surface area contributed by atoms with Gasteiger partial charge in [0.15, 0.2) is 0 Å². The number of aromatic nitrogens is 2. The van der Waals surface area contributed by atoms with Crippen LogP contribution < -0.4 is 0 Å². The molecule has 0 aliphatic carbocycles. The topological polar surface area (TPSA) is 58.4 Å². The van der Waals surface area contributed by atoms with E-state index in [0.29, 0.717) is 6.54 Å². The van der Waals surface area contributed by atoms with Gasteiger partial charge in [-0.3, -0.25) is 4.90 Å². The van der Waals surface area contributed by atoms with Crippen molar-refractivity contribution in [3.05, 3.63) is 18.2 Å². The Morgan fingerprint density at radius 3 is 2.78 bits per heavy atom. The summed E-state index contributed by atoms with van der Waals surface area (Å²) < 4.78 is 2.08. The highest BCUT2D eigenvalue weighted by atomic mass is 16.4. The zero-order chi connectivity index (χ0) is 13.3. The van der Waals surface area contributed by atoms with Crippen LogP contribution in [0.2, 0.25) is 0 Å². The number of carbonyl (C=O) groups is 1. The lowest BCUT2D eigenvalue weighted by molar-refractivity contribution is 0.100. The van der Waals surface area contributed by atoms with E-state index in [4.69, 9.17) is 0 Å². The third kappa shape index (κ3) is 2.35. The lowest BCUT2D eigenvalue weighted by atomic mass is 10.0. The van der Waals surface area contributed by atoms with Gasteiger partial charge in [0.05, 0.1) is 6.04 Å². The fourth-order valence-corrected chi connectivity index (χ4v) is 2.56. The third-order valence-electron chi connectivity index (χ3n) is 3.44. The zero-order valence-corrected chi connectivity index (χ0v) is 11.3. The number of hydrogen-bond acceptors (Lipinski definition) is 2. The predicted molar refractivity (Wildman–Crippen MR) is 68.5 cm³/mol. The van der Waals surface area contributed by atoms with E-state index in [9.17, 15) is 9.90 Å². The minimum absolute atomic E-state index is 0.0759. The number of imidazole rings is 1. The fraction of sp³-hybridized carbons (Fsp3) is 0.692. The first-order valence-corrected chi connectivity index (χ1v) is 6.44. The maximum atomic E-state index is 11.3. The Bertz CT molecular complexity index is 434. The van der Waals surface area contributed by atoms with Crippen molar-refractivity contribution in [2.45, 2.75) is 51.6 Å². The van der Waals surface area contributed by atoms with E-state index in [0.717, 1.165) is 25.1 Å². The van der Waals surface area contributed by atoms with Gasteiger partial charge in [0, 0.05) is 24.5 Å². The Balaban J connectivity index is 2.35. The summed E-state index contributed by atoms with van der Waals surface area (Å²) in [6, 6.07) is -0.106. The Morgan fingerprint density at radius 1 is 1.44 bits per heavy atom. The number of carboxylic acid groups (broad SMARTS) is 1. The molecule has 18 heavy (non-hydrogen) atoms. The maximum absolute atomic E-state index is 11.3. The predicted octanol–water partition coefficient (Wildman–Crippen LogP) is 2.84. The smallest absolute Gasteiger partial charge is 0.407 e. The number of piperidine rings is 1. The average molecular weight is 251 g/mol. The third-order valence-corrected chi connectivity index (χ3v) is 3.44. The molecule has 1 amide bonds. The Kier molecular flexibility index (Phi) is 3.32. The molecule has 1 N–H and O–H groups in total. The summed E-state index contributed by atoms with van der Waals surface area (Å²) in [7, 11) is 0. The van der Waals surface area contributed by atoms with Gasteiger partial charge in [-0.05, 0) is 40.0 Å². The molecular formula is C13H21N3O2. The van der Waals surface area contributed by atoms with Crippen LogP contribution in [0, 0.1) is 0 Å². The van der Waals surface area contributed by atoms with Crippen molar-refractivity contribution in [1.82, 2.24) is 14.5 Å². The molecule has 100 valence electrons. The minimum Gasteiger partial charge on any atom is -0.465 e. The molecule has 0 radical (unpaired) electrons. The van der Waals surface area contributed by atoms with Crippen LogP contribution in [0.1, 0.15) is 51.9 Å². The molecule has 0 saturated carbocycles. The molecule has 0 spiro atoms. The molecule has 5 heteroatoms. The van der Waals surface area contributed by atoms with Crippen LogP contribution in [0.25, 0.3) is 0 Å². The van der Waals surface area contributed by atoms with Crippen LogP contribution >= 0.6 is 0 Å². The van der Waals surface area contributed by atoms with Gasteiger partial charge in [0.2, 0.25) is 0 Å². The van der Waals surface area contributed by atoms with Gasteiger partial charge in [0.25, 0.3) is 0 Å². The van der Waals surface area contributed by atoms with Gasteiger partial charge in [-0.1, -0.05) is 0 Å². The van der Waals surface area contributed by atoms with Gasteiger partial charge in [-0.15, -0.1) is 0 Å². The molecule has 1 aliphatic rings. The van der Waals surface area contributed by atoms with Gasteiger partial charge in [0.1, 0.15) is 5.82 Å². The molecule has 5 nitrogen and oxygen atoms in total. The Labute approximate surface area is 107 Å². The first-order chi connectivity index (χ1) is 8.41. The zero-order valence-electron chi connectivity index (χ0n) is 11.3. The van der Waals surface area contributed by atoms with E-state index in [1.165, 1.54) is 4.90 Å². The summed E-state index contributed by atoms with van der Waals surface area (Å²) in [5.74, 6) is 0.865. The summed E-state index contributed by atoms with van der Waals surface area (Å²) in [5.41, 5.74) is -0.0759. The van der Waals surface area contributed by atoms with Crippen molar-refractivity contribution in [2.24, 2.45) is 0 Å². The summed E-state index contributed by atoms with van der Waals surface area (Å²) >= 11 is 0. The van der Waals surface area contributed by atoms with Crippen molar-refractivity contribution in [1.29, 1.82) is 0 Å². The second kappa shape index (κ2) is 4.63. The molecule has 1 saturated heterocycles. The number of hydrogen-bond donors (Lipinski definition) is 1. The first-order valence-electron chi connectivity index (χ1n) is 6.44. The van der Waals surface area contributed by atoms with Gasteiger partial charge in [-0.2, -0.15) is 0 Å². The molecule has 1 fully saturated rings. The van der Waals surface area contributed by atoms with Crippen LogP contribution in [0.15, 0.2) is 12.4 Å². The number of likely N-dealkylation sites (tertiary alicyclic amines) is 1. The van der Waals surface area contributed by atoms with E-state index >= 15 is 0 Å². The first kappa shape index (κ1) is 12.9. The molecule has 1 aliphatic heterocycles. The summed E-state index contributed by atoms with van der Waals surface area (Å²) in [6.07, 6.45) is 5.71. The molecule has 0 aromatic carbocycles. The van der Waals surface area contributed by atoms with Crippen molar-refractivity contribution >= 4 is 6.09 Å². The lowest BCUT2D eigenvalue weighted by Gasteiger charge is -2.35. The van der Waals surface area contributed by atoms with E-state index in [1.807, 2.05) is 6.20 Å². The van der Waals surface area contributed by atoms with Crippen LogP contribution in [-0.2, 0) is 5.54 Å². The SMILES string of the molecule is CC(C)(C)n1ccnc1C1CCCCN1C(=O)O. The Hall–Kier alpha value is -1.52. The molecule has 1 aromatic rings. The quantitative estimate of drug-likeness (QED) is 0.835. The van der Waals surface area contributed by atoms with E-state index < -0.39 is 6.09 Å². The van der Waals surface area contributed by atoms with Gasteiger partial charge in [-0.25, -0.2) is 9.78 Å². The molecular weight excluding hydrogens is 230 g/mol. The van der Waals surface area contributed by atoms with Crippen LogP contribution in [0.3, 0.4) is 0 Å². The van der Waals surface area contributed by atoms with Crippen molar-refractivity contribution in [2.75, 3.05) is 6.54 Å². The molecule has 1 aromatic heterocycles. The molecule has 2 heterocycles. The highest BCUT2D eigenvalue weighted by Crippen LogP contribution is 2.32. The fourth-order valence-electron chi connectivity index (χ4n) is 2.56. The van der Waals surface area contributed by atoms with E-state index in [1.54, 1.807) is 6.20 Å². The molecule has 2 rings (SSSR count). The second-order valence-corrected chi connectivity index (χ2v) is 5.81. The highest BCUT2D eigenvalue weighted by Gasteiger charge is 2.32. The second-order valence-electron chi connectivity index (χ2n) is 5.81. The summed E-state index contributed by atoms with van der Waals surface area (Å²) in [4.78, 5) is 17.2. The number of nitrogens with zero attached hydrogens (tertiary/aromatic N) is 3. The average Bonchev–Trinajstić information content (AvgIpc) is 2.77. The summed E-state index contributed by atoms with van der Waals surface area (Å²) in [6.45, 7) is 6.92. The molecule has 0 bridgehead atoms. The van der Waals surface area contributed by atoms with Crippen molar-refractivity contribution in [3.8, 4) is 0 Å². The molecule has 1 unspecified atom stereocenters. The van der Waals surface area contributed by atoms with Crippen LogP contribution in [0.4, 0.5) is 4.79 Å². The van der Waals surface area contributed by atoms with Crippen molar-refractivity contribution < 1.29 is 9.90 Å². The monoisotopic (exact) mass is 251 g/mol. The summed E-state index contributed by atoms with van der Waals surface area (Å²) in [5, 5.41) is 9.29. The van der Waals surface area contributed by atoms with Crippen LogP contribution in [-0.4, -0.2) is 32.2 Å².